The Hall–Kier alpha value is -0.610. The lowest BCUT2D eigenvalue weighted by molar-refractivity contribution is -0.123. The van der Waals surface area contributed by atoms with Crippen molar-refractivity contribution in [2.45, 2.75) is 52.6 Å². The van der Waals surface area contributed by atoms with Crippen LogP contribution in [-0.2, 0) is 4.79 Å². The van der Waals surface area contributed by atoms with Gasteiger partial charge in [-0.3, -0.25) is 9.69 Å². The topological polar surface area (TPSA) is 72.3 Å². The number of carbonyl (C=O) groups excluding carboxylic acids is 1. The Bertz CT molecular complexity index is 262. The molecule has 0 spiro atoms. The third-order valence-electron chi connectivity index (χ3n) is 3.71. The Kier molecular flexibility index (Phi) is 4.55. The van der Waals surface area contributed by atoms with E-state index in [1.54, 1.807) is 0 Å². The van der Waals surface area contributed by atoms with Crippen molar-refractivity contribution in [1.82, 2.24) is 4.90 Å². The maximum absolute atomic E-state index is 11.1. The van der Waals surface area contributed by atoms with Gasteiger partial charge in [-0.05, 0) is 38.3 Å². The van der Waals surface area contributed by atoms with Crippen molar-refractivity contribution in [3.8, 4) is 0 Å². The molecular weight excluding hydrogens is 214 g/mol. The Labute approximate surface area is 105 Å². The van der Waals surface area contributed by atoms with Crippen LogP contribution in [0.4, 0.5) is 0 Å². The highest BCUT2D eigenvalue weighted by atomic mass is 16.1. The largest absolute Gasteiger partial charge is 0.369 e. The summed E-state index contributed by atoms with van der Waals surface area (Å²) in [6.45, 7) is 10.6. The second kappa shape index (κ2) is 5.36. The quantitative estimate of drug-likeness (QED) is 0.772. The molecular formula is C13H27N3O. The molecule has 100 valence electrons. The molecule has 1 fully saturated rings. The zero-order chi connectivity index (χ0) is 13.2. The average molecular weight is 241 g/mol. The molecule has 1 rings (SSSR count). The van der Waals surface area contributed by atoms with Crippen molar-refractivity contribution in [3.63, 3.8) is 0 Å². The van der Waals surface area contributed by atoms with Gasteiger partial charge in [-0.15, -0.1) is 0 Å². The van der Waals surface area contributed by atoms with E-state index in [2.05, 4.69) is 32.6 Å². The Morgan fingerprint density at radius 3 is 2.06 bits per heavy atom. The van der Waals surface area contributed by atoms with E-state index in [4.69, 9.17) is 11.5 Å². The number of hydrogen-bond donors (Lipinski definition) is 2. The first-order chi connectivity index (χ1) is 7.73. The second-order valence-corrected chi connectivity index (χ2v) is 6.38. The van der Waals surface area contributed by atoms with Crippen molar-refractivity contribution in [2.24, 2.45) is 22.8 Å². The monoisotopic (exact) mass is 241 g/mol. The summed E-state index contributed by atoms with van der Waals surface area (Å²) in [4.78, 5) is 13.6. The number of likely N-dealkylation sites (tertiary alicyclic amines) is 1. The lowest BCUT2D eigenvalue weighted by atomic mass is 9.80. The van der Waals surface area contributed by atoms with Crippen LogP contribution in [-0.4, -0.2) is 36.0 Å². The van der Waals surface area contributed by atoms with Crippen molar-refractivity contribution in [2.75, 3.05) is 13.1 Å². The van der Waals surface area contributed by atoms with Crippen molar-refractivity contribution < 1.29 is 4.79 Å². The zero-order valence-electron chi connectivity index (χ0n) is 11.6. The van der Waals surface area contributed by atoms with Gasteiger partial charge in [-0.1, -0.05) is 20.8 Å². The summed E-state index contributed by atoms with van der Waals surface area (Å²) < 4.78 is 0. The normalized spacial score (nSPS) is 23.4. The second-order valence-electron chi connectivity index (χ2n) is 6.38. The molecule has 2 atom stereocenters. The molecule has 0 radical (unpaired) electrons. The van der Waals surface area contributed by atoms with E-state index in [9.17, 15) is 4.79 Å². The summed E-state index contributed by atoms with van der Waals surface area (Å²) in [6, 6.07) is 0.497. The molecule has 1 amide bonds. The predicted octanol–water partition coefficient (Wildman–Crippen LogP) is 0.946. The number of rotatable bonds is 3. The molecule has 0 aromatic carbocycles. The summed E-state index contributed by atoms with van der Waals surface area (Å²) in [5.74, 6) is -0.0993. The smallest absolute Gasteiger partial charge is 0.220 e. The van der Waals surface area contributed by atoms with E-state index >= 15 is 0 Å². The van der Waals surface area contributed by atoms with Crippen LogP contribution in [0.15, 0.2) is 0 Å². The van der Waals surface area contributed by atoms with E-state index in [1.165, 1.54) is 0 Å². The number of primary amides is 1. The summed E-state index contributed by atoms with van der Waals surface area (Å²) in [6.07, 6.45) is 1.74. The van der Waals surface area contributed by atoms with Gasteiger partial charge < -0.3 is 11.5 Å². The molecule has 1 aliphatic rings. The molecule has 4 heteroatoms. The van der Waals surface area contributed by atoms with E-state index in [1.807, 2.05) is 0 Å². The molecule has 0 aliphatic carbocycles. The number of amides is 1. The summed E-state index contributed by atoms with van der Waals surface area (Å²) in [5, 5.41) is 0. The van der Waals surface area contributed by atoms with E-state index < -0.39 is 0 Å². The first-order valence-electron chi connectivity index (χ1n) is 6.52. The minimum absolute atomic E-state index is 0.0555. The first-order valence-corrected chi connectivity index (χ1v) is 6.52. The maximum atomic E-state index is 11.1. The Morgan fingerprint density at radius 1 is 1.29 bits per heavy atom. The summed E-state index contributed by atoms with van der Waals surface area (Å²) >= 11 is 0. The molecule has 4 nitrogen and oxygen atoms in total. The highest BCUT2D eigenvalue weighted by molar-refractivity contribution is 5.76. The van der Waals surface area contributed by atoms with Crippen LogP contribution >= 0.6 is 0 Å². The van der Waals surface area contributed by atoms with Crippen LogP contribution < -0.4 is 11.5 Å². The van der Waals surface area contributed by atoms with Crippen molar-refractivity contribution >= 4 is 5.91 Å². The molecule has 0 bridgehead atoms. The number of carbonyl (C=O) groups is 1. The van der Waals surface area contributed by atoms with E-state index in [0.717, 1.165) is 25.9 Å². The van der Waals surface area contributed by atoms with E-state index in [0.29, 0.717) is 6.04 Å². The predicted molar refractivity (Wildman–Crippen MR) is 70.4 cm³/mol. The van der Waals surface area contributed by atoms with Gasteiger partial charge in [-0.25, -0.2) is 0 Å². The fourth-order valence-electron chi connectivity index (χ4n) is 3.13. The Balaban J connectivity index is 2.65. The van der Waals surface area contributed by atoms with Crippen molar-refractivity contribution in [3.05, 3.63) is 0 Å². The minimum atomic E-state index is -0.155. The third-order valence-corrected chi connectivity index (χ3v) is 3.71. The van der Waals surface area contributed by atoms with Gasteiger partial charge >= 0.3 is 0 Å². The maximum Gasteiger partial charge on any atom is 0.220 e. The highest BCUT2D eigenvalue weighted by Gasteiger charge is 2.35. The molecule has 1 aliphatic heterocycles. The first kappa shape index (κ1) is 14.5. The number of hydrogen-bond acceptors (Lipinski definition) is 3. The van der Waals surface area contributed by atoms with Gasteiger partial charge in [0.05, 0.1) is 0 Å². The number of nitrogens with two attached hydrogens (primary N) is 2. The number of nitrogens with zero attached hydrogens (tertiary/aromatic N) is 1. The zero-order valence-corrected chi connectivity index (χ0v) is 11.6. The van der Waals surface area contributed by atoms with Crippen LogP contribution in [0.2, 0.25) is 0 Å². The fourth-order valence-corrected chi connectivity index (χ4v) is 3.13. The van der Waals surface area contributed by atoms with E-state index in [-0.39, 0.29) is 23.3 Å². The van der Waals surface area contributed by atoms with Gasteiger partial charge in [0.1, 0.15) is 0 Å². The molecule has 0 saturated carbocycles. The van der Waals surface area contributed by atoms with Gasteiger partial charge in [0, 0.05) is 18.0 Å². The molecule has 1 heterocycles. The fraction of sp³-hybridized carbons (Fsp3) is 0.923. The lowest BCUT2D eigenvalue weighted by Crippen LogP contribution is -2.56. The highest BCUT2D eigenvalue weighted by Crippen LogP contribution is 2.29. The molecule has 0 aromatic heterocycles. The summed E-state index contributed by atoms with van der Waals surface area (Å²) in [5.41, 5.74) is 11.6. The molecule has 4 N–H and O–H groups in total. The van der Waals surface area contributed by atoms with Gasteiger partial charge in [0.25, 0.3) is 0 Å². The molecule has 17 heavy (non-hydrogen) atoms. The minimum Gasteiger partial charge on any atom is -0.369 e. The summed E-state index contributed by atoms with van der Waals surface area (Å²) in [7, 11) is 0. The Morgan fingerprint density at radius 2 is 1.76 bits per heavy atom. The third kappa shape index (κ3) is 3.68. The van der Waals surface area contributed by atoms with Crippen LogP contribution in [0.1, 0.15) is 40.5 Å². The van der Waals surface area contributed by atoms with Gasteiger partial charge in [0.2, 0.25) is 5.91 Å². The average Bonchev–Trinajstić information content (AvgIpc) is 2.15. The number of piperidine rings is 1. The molecule has 1 saturated heterocycles. The molecule has 2 unspecified atom stereocenters. The van der Waals surface area contributed by atoms with Crippen molar-refractivity contribution in [1.29, 1.82) is 0 Å². The lowest BCUT2D eigenvalue weighted by Gasteiger charge is -2.45. The van der Waals surface area contributed by atoms with Gasteiger partial charge in [0.15, 0.2) is 0 Å². The van der Waals surface area contributed by atoms with Crippen LogP contribution in [0.3, 0.4) is 0 Å². The van der Waals surface area contributed by atoms with Crippen LogP contribution in [0, 0.1) is 11.3 Å². The SMILES string of the molecule is CC(N)C(N1CCC(C(N)=O)CC1)C(C)(C)C. The standard InChI is InChI=1S/C13H27N3O/c1-9(14)11(13(2,3)4)16-7-5-10(6-8-16)12(15)17/h9-11H,5-8,14H2,1-4H3,(H2,15,17). The van der Waals surface area contributed by atoms with Crippen LogP contribution in [0.5, 0.6) is 0 Å². The molecule has 0 aromatic rings. The van der Waals surface area contributed by atoms with Gasteiger partial charge in [-0.2, -0.15) is 0 Å². The van der Waals surface area contributed by atoms with Crippen LogP contribution in [0.25, 0.3) is 0 Å².